The second kappa shape index (κ2) is 9.69. The molecule has 0 spiro atoms. The van der Waals surface area contributed by atoms with Gasteiger partial charge in [0, 0.05) is 47.8 Å². The maximum Gasteiger partial charge on any atom is 0.224 e. The lowest BCUT2D eigenvalue weighted by Gasteiger charge is -2.08. The van der Waals surface area contributed by atoms with Crippen LogP contribution in [0.1, 0.15) is 54.6 Å². The van der Waals surface area contributed by atoms with Crippen LogP contribution in [0.3, 0.4) is 0 Å². The smallest absolute Gasteiger partial charge is 0.224 e. The minimum Gasteiger partial charge on any atom is -0.326 e. The topological polar surface area (TPSA) is 46.9 Å². The number of amides is 1. The Morgan fingerprint density at radius 3 is 2.67 bits per heavy atom. The average molecular weight is 404 g/mol. The van der Waals surface area contributed by atoms with E-state index in [1.807, 2.05) is 45.5 Å². The summed E-state index contributed by atoms with van der Waals surface area (Å²) in [5.74, 6) is 1.40. The van der Waals surface area contributed by atoms with Crippen molar-refractivity contribution >= 4 is 33.2 Å². The van der Waals surface area contributed by atoms with Crippen LogP contribution in [0.15, 0.2) is 24.3 Å². The molecule has 146 valence electrons. The van der Waals surface area contributed by atoms with Crippen molar-refractivity contribution in [3.05, 3.63) is 46.8 Å². The number of nitrogens with zero attached hydrogens (tertiary/aromatic N) is 2. The number of unbranched alkanes of at least 4 members (excludes halogenated alkanes) is 1. The summed E-state index contributed by atoms with van der Waals surface area (Å²) in [6, 6.07) is 8.19. The van der Waals surface area contributed by atoms with Crippen LogP contribution in [-0.4, -0.2) is 26.7 Å². The van der Waals surface area contributed by atoms with Gasteiger partial charge in [-0.25, -0.2) is 0 Å². The van der Waals surface area contributed by atoms with Gasteiger partial charge in [0.1, 0.15) is 0 Å². The van der Waals surface area contributed by atoms with Crippen LogP contribution in [0.5, 0.6) is 0 Å². The Kier molecular flexibility index (Phi) is 7.30. The highest BCUT2D eigenvalue weighted by Crippen LogP contribution is 2.39. The van der Waals surface area contributed by atoms with Crippen molar-refractivity contribution in [3.8, 4) is 0 Å². The molecule has 2 aromatic rings. The third-order valence-electron chi connectivity index (χ3n) is 5.18. The van der Waals surface area contributed by atoms with E-state index < -0.39 is 0 Å². The Morgan fingerprint density at radius 1 is 1.26 bits per heavy atom. The quantitative estimate of drug-likeness (QED) is 0.481. The average Bonchev–Trinajstić information content (AvgIpc) is 3.24. The largest absolute Gasteiger partial charge is 0.326 e. The Balaban J connectivity index is 1.43. The molecule has 2 heterocycles. The molecule has 4 nitrogen and oxygen atoms in total. The van der Waals surface area contributed by atoms with Gasteiger partial charge in [-0.15, -0.1) is 0 Å². The number of nitrogens with one attached hydrogen (secondary N) is 1. The molecule has 3 rings (SSSR count). The van der Waals surface area contributed by atoms with Gasteiger partial charge < -0.3 is 5.32 Å². The zero-order chi connectivity index (χ0) is 19.2. The standard InChI is InChI=1S/C21H29N3OS2/c1-15-20(16(2)24(3)23-15)14-17-8-10-18(11-9-17)22-21(25)7-5-4-6-19-12-13-26-27-19/h8-11,19H,4-7,12-14H2,1-3H3,(H,22,25). The summed E-state index contributed by atoms with van der Waals surface area (Å²) in [6.45, 7) is 4.16. The highest BCUT2D eigenvalue weighted by atomic mass is 33.1. The first kappa shape index (κ1) is 20.3. The summed E-state index contributed by atoms with van der Waals surface area (Å²) in [7, 11) is 5.99. The van der Waals surface area contributed by atoms with Gasteiger partial charge in [-0.2, -0.15) is 5.10 Å². The molecule has 1 aliphatic rings. The van der Waals surface area contributed by atoms with Crippen molar-refractivity contribution in [2.75, 3.05) is 11.1 Å². The van der Waals surface area contributed by atoms with E-state index >= 15 is 0 Å². The number of aryl methyl sites for hydroxylation is 2. The van der Waals surface area contributed by atoms with Gasteiger partial charge >= 0.3 is 0 Å². The predicted octanol–water partition coefficient (Wildman–Crippen LogP) is 5.28. The fraction of sp³-hybridized carbons (Fsp3) is 0.524. The van der Waals surface area contributed by atoms with Gasteiger partial charge in [-0.05, 0) is 50.8 Å². The second-order valence-corrected chi connectivity index (χ2v) is 10.1. The molecular formula is C21H29N3OS2. The lowest BCUT2D eigenvalue weighted by molar-refractivity contribution is -0.116. The minimum absolute atomic E-state index is 0.121. The first-order valence-electron chi connectivity index (χ1n) is 9.69. The molecule has 0 bridgehead atoms. The van der Waals surface area contributed by atoms with E-state index in [-0.39, 0.29) is 5.91 Å². The Bertz CT molecular complexity index is 764. The van der Waals surface area contributed by atoms with Crippen LogP contribution < -0.4 is 5.32 Å². The van der Waals surface area contributed by atoms with Gasteiger partial charge in [0.15, 0.2) is 0 Å². The lowest BCUT2D eigenvalue weighted by Crippen LogP contribution is -2.11. The van der Waals surface area contributed by atoms with Gasteiger partial charge in [-0.3, -0.25) is 9.48 Å². The molecule has 1 atom stereocenters. The van der Waals surface area contributed by atoms with Gasteiger partial charge in [0.2, 0.25) is 5.91 Å². The molecular weight excluding hydrogens is 374 g/mol. The normalized spacial score (nSPS) is 16.6. The number of carbonyl (C=O) groups is 1. The van der Waals surface area contributed by atoms with Crippen LogP contribution in [0.2, 0.25) is 0 Å². The zero-order valence-corrected chi connectivity index (χ0v) is 18.1. The summed E-state index contributed by atoms with van der Waals surface area (Å²) in [5, 5.41) is 8.31. The molecule has 1 N–H and O–H groups in total. The Hall–Kier alpha value is -1.40. The van der Waals surface area contributed by atoms with Crippen molar-refractivity contribution in [1.82, 2.24) is 9.78 Å². The van der Waals surface area contributed by atoms with Gasteiger partial charge in [0.05, 0.1) is 5.69 Å². The molecule has 1 unspecified atom stereocenters. The first-order chi connectivity index (χ1) is 13.0. The summed E-state index contributed by atoms with van der Waals surface area (Å²) in [6.07, 6.45) is 6.18. The summed E-state index contributed by atoms with van der Waals surface area (Å²) < 4.78 is 1.93. The molecule has 1 fully saturated rings. The maximum atomic E-state index is 12.1. The minimum atomic E-state index is 0.121. The second-order valence-electron chi connectivity index (χ2n) is 7.27. The predicted molar refractivity (Wildman–Crippen MR) is 117 cm³/mol. The third-order valence-corrected chi connectivity index (χ3v) is 8.19. The van der Waals surface area contributed by atoms with E-state index in [1.165, 1.54) is 35.4 Å². The van der Waals surface area contributed by atoms with E-state index in [1.54, 1.807) is 0 Å². The summed E-state index contributed by atoms with van der Waals surface area (Å²) in [5.41, 5.74) is 5.69. The molecule has 27 heavy (non-hydrogen) atoms. The van der Waals surface area contributed by atoms with Crippen molar-refractivity contribution in [2.45, 2.75) is 57.6 Å². The van der Waals surface area contributed by atoms with Crippen molar-refractivity contribution in [3.63, 3.8) is 0 Å². The monoisotopic (exact) mass is 403 g/mol. The Labute approximate surface area is 170 Å². The zero-order valence-electron chi connectivity index (χ0n) is 16.5. The Morgan fingerprint density at radius 2 is 2.04 bits per heavy atom. The van der Waals surface area contributed by atoms with E-state index in [2.05, 4.69) is 36.4 Å². The molecule has 0 saturated carbocycles. The first-order valence-corrected chi connectivity index (χ1v) is 12.1. The highest BCUT2D eigenvalue weighted by molar-refractivity contribution is 8.77. The van der Waals surface area contributed by atoms with Crippen LogP contribution in [0.4, 0.5) is 5.69 Å². The SMILES string of the molecule is Cc1nn(C)c(C)c1Cc1ccc(NC(=O)CCCCC2CCSS2)cc1. The van der Waals surface area contributed by atoms with Crippen LogP contribution in [0.25, 0.3) is 0 Å². The van der Waals surface area contributed by atoms with Crippen LogP contribution in [0, 0.1) is 13.8 Å². The van der Waals surface area contributed by atoms with E-state index in [4.69, 9.17) is 0 Å². The molecule has 0 radical (unpaired) electrons. The molecule has 1 saturated heterocycles. The third kappa shape index (κ3) is 5.79. The van der Waals surface area contributed by atoms with Crippen molar-refractivity contribution in [1.29, 1.82) is 0 Å². The number of carbonyl (C=O) groups excluding carboxylic acids is 1. The summed E-state index contributed by atoms with van der Waals surface area (Å²) >= 11 is 0. The van der Waals surface area contributed by atoms with Crippen LogP contribution >= 0.6 is 21.6 Å². The number of hydrogen-bond acceptors (Lipinski definition) is 4. The molecule has 1 amide bonds. The molecule has 0 aliphatic carbocycles. The van der Waals surface area contributed by atoms with Crippen molar-refractivity contribution < 1.29 is 4.79 Å². The van der Waals surface area contributed by atoms with Gasteiger partial charge in [-0.1, -0.05) is 40.1 Å². The van der Waals surface area contributed by atoms with Gasteiger partial charge in [0.25, 0.3) is 0 Å². The molecule has 6 heteroatoms. The highest BCUT2D eigenvalue weighted by Gasteiger charge is 2.16. The number of anilines is 1. The maximum absolute atomic E-state index is 12.1. The van der Waals surface area contributed by atoms with E-state index in [9.17, 15) is 4.79 Å². The number of hydrogen-bond donors (Lipinski definition) is 1. The number of benzene rings is 1. The van der Waals surface area contributed by atoms with Crippen LogP contribution in [-0.2, 0) is 18.3 Å². The molecule has 1 aromatic heterocycles. The summed E-state index contributed by atoms with van der Waals surface area (Å²) in [4.78, 5) is 12.1. The number of rotatable bonds is 8. The molecule has 1 aromatic carbocycles. The lowest BCUT2D eigenvalue weighted by atomic mass is 10.0. The van der Waals surface area contributed by atoms with E-state index in [0.717, 1.165) is 35.9 Å². The fourth-order valence-corrected chi connectivity index (χ4v) is 6.46. The number of aromatic nitrogens is 2. The fourth-order valence-electron chi connectivity index (χ4n) is 3.43. The van der Waals surface area contributed by atoms with E-state index in [0.29, 0.717) is 6.42 Å². The van der Waals surface area contributed by atoms with Crippen molar-refractivity contribution in [2.24, 2.45) is 7.05 Å². The molecule has 1 aliphatic heterocycles.